The van der Waals surface area contributed by atoms with E-state index in [-0.39, 0.29) is 0 Å². The van der Waals surface area contributed by atoms with E-state index in [1.165, 1.54) is 0 Å². The van der Waals surface area contributed by atoms with E-state index in [4.69, 9.17) is 0 Å². The summed E-state index contributed by atoms with van der Waals surface area (Å²) in [4.78, 5) is 11.2. The summed E-state index contributed by atoms with van der Waals surface area (Å²) in [6.07, 6.45) is 3.22. The molecule has 0 spiro atoms. The fraction of sp³-hybridized carbons (Fsp3) is 0.909. The summed E-state index contributed by atoms with van der Waals surface area (Å²) >= 11 is 0. The fourth-order valence-electron chi connectivity index (χ4n) is 2.09. The molecule has 0 bridgehead atoms. The molecule has 2 saturated carbocycles. The summed E-state index contributed by atoms with van der Waals surface area (Å²) in [5.74, 6) is -0.348. The third-order valence-corrected chi connectivity index (χ3v) is 3.83. The summed E-state index contributed by atoms with van der Waals surface area (Å²) in [5, 5.41) is 12.5. The van der Waals surface area contributed by atoms with Crippen molar-refractivity contribution < 1.29 is 9.90 Å². The molecule has 0 heterocycles. The zero-order valence-corrected chi connectivity index (χ0v) is 9.13. The van der Waals surface area contributed by atoms with Crippen molar-refractivity contribution in [1.82, 2.24) is 5.32 Å². The van der Waals surface area contributed by atoms with E-state index >= 15 is 0 Å². The first kappa shape index (κ1) is 9.97. The van der Waals surface area contributed by atoms with Gasteiger partial charge in [0.05, 0.1) is 0 Å². The number of carboxylic acids is 1. The lowest BCUT2D eigenvalue weighted by molar-refractivity contribution is -0.145. The van der Waals surface area contributed by atoms with Gasteiger partial charge >= 0.3 is 5.97 Å². The molecule has 0 aromatic rings. The van der Waals surface area contributed by atoms with Crippen molar-refractivity contribution in [2.24, 2.45) is 11.3 Å². The summed E-state index contributed by atoms with van der Waals surface area (Å²) < 4.78 is 0. The SMILES string of the molecule is CC1(C)CC1NC(C)(C(=O)O)C1CC1. The van der Waals surface area contributed by atoms with Crippen molar-refractivity contribution in [2.75, 3.05) is 0 Å². The van der Waals surface area contributed by atoms with Gasteiger partial charge in [0, 0.05) is 6.04 Å². The van der Waals surface area contributed by atoms with Crippen LogP contribution in [0.5, 0.6) is 0 Å². The minimum atomic E-state index is -0.692. The van der Waals surface area contributed by atoms with Gasteiger partial charge in [0.1, 0.15) is 5.54 Å². The fourth-order valence-corrected chi connectivity index (χ4v) is 2.09. The second-order valence-corrected chi connectivity index (χ2v) is 5.67. The molecule has 0 aromatic carbocycles. The Morgan fingerprint density at radius 2 is 2.00 bits per heavy atom. The lowest BCUT2D eigenvalue weighted by Gasteiger charge is -2.27. The highest BCUT2D eigenvalue weighted by atomic mass is 16.4. The van der Waals surface area contributed by atoms with Crippen molar-refractivity contribution in [3.05, 3.63) is 0 Å². The molecule has 80 valence electrons. The lowest BCUT2D eigenvalue weighted by Crippen LogP contribution is -2.53. The molecule has 14 heavy (non-hydrogen) atoms. The Labute approximate surface area is 84.9 Å². The Morgan fingerprint density at radius 3 is 2.29 bits per heavy atom. The number of nitrogens with one attached hydrogen (secondary N) is 1. The topological polar surface area (TPSA) is 49.3 Å². The van der Waals surface area contributed by atoms with Gasteiger partial charge in [0.2, 0.25) is 0 Å². The van der Waals surface area contributed by atoms with Crippen LogP contribution in [0.1, 0.15) is 40.0 Å². The van der Waals surface area contributed by atoms with E-state index < -0.39 is 11.5 Å². The highest BCUT2D eigenvalue weighted by Gasteiger charge is 2.54. The number of carboxylic acid groups (broad SMARTS) is 1. The van der Waals surface area contributed by atoms with Crippen LogP contribution in [-0.4, -0.2) is 22.7 Å². The van der Waals surface area contributed by atoms with Crippen LogP contribution in [0, 0.1) is 11.3 Å². The smallest absolute Gasteiger partial charge is 0.323 e. The average Bonchev–Trinajstić information content (AvgIpc) is 2.88. The molecule has 0 radical (unpaired) electrons. The van der Waals surface area contributed by atoms with Gasteiger partial charge in [-0.05, 0) is 37.5 Å². The highest BCUT2D eigenvalue weighted by molar-refractivity contribution is 5.79. The number of hydrogen-bond acceptors (Lipinski definition) is 2. The second-order valence-electron chi connectivity index (χ2n) is 5.67. The molecule has 2 atom stereocenters. The Balaban J connectivity index is 2.02. The number of carbonyl (C=O) groups is 1. The average molecular weight is 197 g/mol. The standard InChI is InChI=1S/C11H19NO2/c1-10(2)6-8(10)12-11(3,9(13)14)7-4-5-7/h7-8,12H,4-6H2,1-3H3,(H,13,14). The lowest BCUT2D eigenvalue weighted by atomic mass is 9.95. The largest absolute Gasteiger partial charge is 0.480 e. The predicted octanol–water partition coefficient (Wildman–Crippen LogP) is 1.63. The van der Waals surface area contributed by atoms with Crippen LogP contribution in [-0.2, 0) is 4.79 Å². The van der Waals surface area contributed by atoms with Crippen LogP contribution in [0.15, 0.2) is 0 Å². The summed E-state index contributed by atoms with van der Waals surface area (Å²) in [5.41, 5.74) is -0.385. The van der Waals surface area contributed by atoms with E-state index in [1.807, 2.05) is 6.92 Å². The van der Waals surface area contributed by atoms with E-state index in [1.54, 1.807) is 0 Å². The Bertz CT molecular complexity index is 270. The molecule has 2 N–H and O–H groups in total. The molecule has 3 nitrogen and oxygen atoms in total. The minimum absolute atomic E-state index is 0.297. The molecular weight excluding hydrogens is 178 g/mol. The number of rotatable bonds is 4. The van der Waals surface area contributed by atoms with Crippen molar-refractivity contribution in [3.63, 3.8) is 0 Å². The Morgan fingerprint density at radius 1 is 1.50 bits per heavy atom. The maximum atomic E-state index is 11.2. The third kappa shape index (κ3) is 1.54. The molecule has 3 heteroatoms. The van der Waals surface area contributed by atoms with Gasteiger partial charge in [-0.25, -0.2) is 0 Å². The van der Waals surface area contributed by atoms with E-state index in [0.29, 0.717) is 17.4 Å². The summed E-state index contributed by atoms with van der Waals surface area (Å²) in [6, 6.07) is 0.393. The summed E-state index contributed by atoms with van der Waals surface area (Å²) in [6.45, 7) is 6.20. The van der Waals surface area contributed by atoms with Gasteiger partial charge in [-0.3, -0.25) is 10.1 Å². The number of aliphatic carboxylic acids is 1. The van der Waals surface area contributed by atoms with Crippen LogP contribution in [0.4, 0.5) is 0 Å². The molecule has 2 aliphatic carbocycles. The molecular formula is C11H19NO2. The van der Waals surface area contributed by atoms with Crippen LogP contribution in [0.25, 0.3) is 0 Å². The molecule has 0 saturated heterocycles. The van der Waals surface area contributed by atoms with Crippen LogP contribution in [0.3, 0.4) is 0 Å². The quantitative estimate of drug-likeness (QED) is 0.720. The van der Waals surface area contributed by atoms with E-state index in [9.17, 15) is 9.90 Å². The van der Waals surface area contributed by atoms with Crippen molar-refractivity contribution in [3.8, 4) is 0 Å². The number of hydrogen-bond donors (Lipinski definition) is 2. The molecule has 2 rings (SSSR count). The van der Waals surface area contributed by atoms with Gasteiger partial charge < -0.3 is 5.11 Å². The van der Waals surface area contributed by atoms with Crippen molar-refractivity contribution in [2.45, 2.75) is 51.6 Å². The van der Waals surface area contributed by atoms with E-state index in [0.717, 1.165) is 19.3 Å². The zero-order valence-electron chi connectivity index (χ0n) is 9.13. The molecule has 2 fully saturated rings. The Hall–Kier alpha value is -0.570. The zero-order chi connectivity index (χ0) is 10.6. The normalized spacial score (nSPS) is 33.5. The van der Waals surface area contributed by atoms with Crippen molar-refractivity contribution in [1.29, 1.82) is 0 Å². The minimum Gasteiger partial charge on any atom is -0.480 e. The van der Waals surface area contributed by atoms with Crippen LogP contribution in [0.2, 0.25) is 0 Å². The van der Waals surface area contributed by atoms with Gasteiger partial charge in [-0.15, -0.1) is 0 Å². The van der Waals surface area contributed by atoms with Gasteiger partial charge in [0.15, 0.2) is 0 Å². The molecule has 0 aliphatic heterocycles. The Kier molecular flexibility index (Phi) is 1.94. The second kappa shape index (κ2) is 2.72. The first-order chi connectivity index (χ1) is 6.36. The van der Waals surface area contributed by atoms with Gasteiger partial charge in [-0.1, -0.05) is 13.8 Å². The molecule has 0 aromatic heterocycles. The van der Waals surface area contributed by atoms with Crippen LogP contribution < -0.4 is 5.32 Å². The maximum Gasteiger partial charge on any atom is 0.323 e. The maximum absolute atomic E-state index is 11.2. The molecule has 2 unspecified atom stereocenters. The monoisotopic (exact) mass is 197 g/mol. The van der Waals surface area contributed by atoms with Crippen molar-refractivity contribution >= 4 is 5.97 Å². The molecule has 2 aliphatic rings. The van der Waals surface area contributed by atoms with Gasteiger partial charge in [0.25, 0.3) is 0 Å². The summed E-state index contributed by atoms with van der Waals surface area (Å²) in [7, 11) is 0. The molecule has 0 amide bonds. The first-order valence-corrected chi connectivity index (χ1v) is 5.37. The highest BCUT2D eigenvalue weighted by Crippen LogP contribution is 2.48. The predicted molar refractivity (Wildman–Crippen MR) is 54.1 cm³/mol. The van der Waals surface area contributed by atoms with Crippen LogP contribution >= 0.6 is 0 Å². The van der Waals surface area contributed by atoms with E-state index in [2.05, 4.69) is 19.2 Å². The van der Waals surface area contributed by atoms with Gasteiger partial charge in [-0.2, -0.15) is 0 Å². The first-order valence-electron chi connectivity index (χ1n) is 5.37. The third-order valence-electron chi connectivity index (χ3n) is 3.83.